The molecule has 0 spiro atoms. The molecule has 0 aromatic rings. The summed E-state index contributed by atoms with van der Waals surface area (Å²) >= 11 is 0. The topological polar surface area (TPSA) is 23.5 Å². The lowest BCUT2D eigenvalue weighted by atomic mass is 10.4. The molecule has 0 aliphatic carbocycles. The van der Waals surface area contributed by atoms with Crippen LogP contribution in [0.25, 0.3) is 0 Å². The van der Waals surface area contributed by atoms with Crippen LogP contribution in [0.1, 0.15) is 26.7 Å². The Morgan fingerprint density at radius 3 is 2.00 bits per heavy atom. The van der Waals surface area contributed by atoms with E-state index in [-0.39, 0.29) is 0 Å². The fourth-order valence-corrected chi connectivity index (χ4v) is 5.18. The van der Waals surface area contributed by atoms with Gasteiger partial charge in [-0.25, -0.2) is 0 Å². The minimum atomic E-state index is -1.60. The Labute approximate surface area is 70.1 Å². The van der Waals surface area contributed by atoms with Gasteiger partial charge in [0, 0.05) is 20.7 Å². The van der Waals surface area contributed by atoms with Crippen molar-refractivity contribution < 1.29 is 4.89 Å². The van der Waals surface area contributed by atoms with Crippen LogP contribution in [0.4, 0.5) is 0 Å². The Morgan fingerprint density at radius 2 is 1.64 bits per heavy atom. The standard InChI is InChI=1S/C8H19NOP/c1-3-9(4-2)11(10)7-5-6-8-11/h10H,3-8H2,1-2H3. The highest BCUT2D eigenvalue weighted by atomic mass is 31.2. The Morgan fingerprint density at radius 1 is 1.18 bits per heavy atom. The molecule has 0 saturated carbocycles. The van der Waals surface area contributed by atoms with Crippen molar-refractivity contribution in [2.45, 2.75) is 26.7 Å². The minimum absolute atomic E-state index is 1.01. The van der Waals surface area contributed by atoms with E-state index in [1.54, 1.807) is 0 Å². The van der Waals surface area contributed by atoms with Crippen molar-refractivity contribution in [2.75, 3.05) is 25.4 Å². The number of hydrogen-bond donors (Lipinski definition) is 1. The van der Waals surface area contributed by atoms with Crippen LogP contribution in [0, 0.1) is 0 Å². The van der Waals surface area contributed by atoms with Gasteiger partial charge in [-0.05, 0) is 25.2 Å². The highest BCUT2D eigenvalue weighted by molar-refractivity contribution is 7.68. The summed E-state index contributed by atoms with van der Waals surface area (Å²) in [4.78, 5) is 10.2. The quantitative estimate of drug-likeness (QED) is 0.664. The second kappa shape index (κ2) is 3.84. The predicted octanol–water partition coefficient (Wildman–Crippen LogP) is 1.96. The van der Waals surface area contributed by atoms with Crippen molar-refractivity contribution in [1.82, 2.24) is 4.67 Å². The molecule has 1 fully saturated rings. The first-order valence-corrected chi connectivity index (χ1v) is 6.64. The molecule has 1 rings (SSSR count). The van der Waals surface area contributed by atoms with E-state index in [0.29, 0.717) is 0 Å². The van der Waals surface area contributed by atoms with Crippen LogP contribution in [0.2, 0.25) is 0 Å². The van der Waals surface area contributed by atoms with Gasteiger partial charge >= 0.3 is 0 Å². The third-order valence-electron chi connectivity index (χ3n) is 2.54. The van der Waals surface area contributed by atoms with E-state index in [1.807, 2.05) is 0 Å². The summed E-state index contributed by atoms with van der Waals surface area (Å²) in [5, 5.41) is 0. The molecule has 11 heavy (non-hydrogen) atoms. The summed E-state index contributed by atoms with van der Waals surface area (Å²) in [6, 6.07) is 0. The average molecular weight is 176 g/mol. The van der Waals surface area contributed by atoms with Crippen molar-refractivity contribution >= 4 is 7.64 Å². The fraction of sp³-hybridized carbons (Fsp3) is 1.00. The van der Waals surface area contributed by atoms with Gasteiger partial charge in [0.1, 0.15) is 0 Å². The van der Waals surface area contributed by atoms with Crippen molar-refractivity contribution in [3.05, 3.63) is 0 Å². The van der Waals surface area contributed by atoms with Crippen LogP contribution in [0.5, 0.6) is 0 Å². The van der Waals surface area contributed by atoms with Gasteiger partial charge in [-0.2, -0.15) is 0 Å². The molecule has 2 nitrogen and oxygen atoms in total. The molecule has 1 aliphatic heterocycles. The lowest BCUT2D eigenvalue weighted by Crippen LogP contribution is -2.24. The van der Waals surface area contributed by atoms with Gasteiger partial charge in [-0.15, -0.1) is 0 Å². The molecule has 1 N–H and O–H groups in total. The molecule has 0 bridgehead atoms. The highest BCUT2D eigenvalue weighted by Gasteiger charge is 2.33. The predicted molar refractivity (Wildman–Crippen MR) is 51.0 cm³/mol. The Hall–Kier alpha value is 0.350. The SMILES string of the molecule is CCN(CC)[P]1(O)CCCC1. The Kier molecular flexibility index (Phi) is 3.29. The normalized spacial score (nSPS) is 22.9. The molecule has 67 valence electrons. The second-order valence-corrected chi connectivity index (χ2v) is 6.39. The van der Waals surface area contributed by atoms with Gasteiger partial charge in [-0.1, -0.05) is 13.8 Å². The molecule has 3 heteroatoms. The third-order valence-corrected chi connectivity index (χ3v) is 6.22. The van der Waals surface area contributed by atoms with Gasteiger partial charge in [0.25, 0.3) is 0 Å². The first kappa shape index (κ1) is 9.44. The maximum absolute atomic E-state index is 10.2. The number of nitrogens with zero attached hydrogens (tertiary/aromatic N) is 1. The van der Waals surface area contributed by atoms with Crippen molar-refractivity contribution in [3.8, 4) is 0 Å². The van der Waals surface area contributed by atoms with Crippen LogP contribution in [0.3, 0.4) is 0 Å². The maximum Gasteiger partial charge on any atom is 0.0450 e. The monoisotopic (exact) mass is 176 g/mol. The Balaban J connectivity index is 2.53. The molecule has 0 aromatic heterocycles. The Bertz CT molecular complexity index is 119. The summed E-state index contributed by atoms with van der Waals surface area (Å²) in [5.41, 5.74) is 0. The lowest BCUT2D eigenvalue weighted by Gasteiger charge is -2.36. The molecular formula is C8H19NOP. The first-order valence-electron chi connectivity index (χ1n) is 4.58. The smallest absolute Gasteiger partial charge is 0.0450 e. The molecule has 0 amide bonds. The van der Waals surface area contributed by atoms with Gasteiger partial charge in [0.05, 0.1) is 0 Å². The summed E-state index contributed by atoms with van der Waals surface area (Å²) in [7, 11) is -1.60. The zero-order valence-electron chi connectivity index (χ0n) is 7.58. The van der Waals surface area contributed by atoms with E-state index in [0.717, 1.165) is 25.4 Å². The van der Waals surface area contributed by atoms with E-state index in [2.05, 4.69) is 18.5 Å². The average Bonchev–Trinajstić information content (AvgIpc) is 2.39. The van der Waals surface area contributed by atoms with Crippen LogP contribution in [-0.2, 0) is 0 Å². The zero-order chi connectivity index (χ0) is 8.32. The van der Waals surface area contributed by atoms with Gasteiger partial charge in [0.15, 0.2) is 0 Å². The van der Waals surface area contributed by atoms with Crippen LogP contribution < -0.4 is 0 Å². The maximum atomic E-state index is 10.2. The molecule has 1 aliphatic rings. The van der Waals surface area contributed by atoms with Crippen molar-refractivity contribution in [2.24, 2.45) is 0 Å². The largest absolute Gasteiger partial charge is 0.365 e. The summed E-state index contributed by atoms with van der Waals surface area (Å²) in [6.07, 6.45) is 4.63. The lowest BCUT2D eigenvalue weighted by molar-refractivity contribution is 0.425. The number of rotatable bonds is 3. The van der Waals surface area contributed by atoms with Gasteiger partial charge < -0.3 is 4.89 Å². The molecule has 0 unspecified atom stereocenters. The molecule has 0 aromatic carbocycles. The van der Waals surface area contributed by atoms with E-state index >= 15 is 0 Å². The highest BCUT2D eigenvalue weighted by Crippen LogP contribution is 2.62. The van der Waals surface area contributed by atoms with Crippen LogP contribution in [0.15, 0.2) is 0 Å². The molecule has 1 saturated heterocycles. The van der Waals surface area contributed by atoms with E-state index in [1.165, 1.54) is 12.8 Å². The number of hydrogen-bond acceptors (Lipinski definition) is 2. The molecule has 1 heterocycles. The van der Waals surface area contributed by atoms with Gasteiger partial charge in [-0.3, -0.25) is 4.67 Å². The van der Waals surface area contributed by atoms with Crippen LogP contribution >= 0.6 is 7.64 Å². The third kappa shape index (κ3) is 1.93. The van der Waals surface area contributed by atoms with Gasteiger partial charge in [0.2, 0.25) is 0 Å². The van der Waals surface area contributed by atoms with Crippen molar-refractivity contribution in [1.29, 1.82) is 0 Å². The fourth-order valence-electron chi connectivity index (χ4n) is 1.87. The van der Waals surface area contributed by atoms with E-state index < -0.39 is 7.64 Å². The first-order chi connectivity index (χ1) is 5.23. The molecule has 1 radical (unpaired) electrons. The summed E-state index contributed by atoms with van der Waals surface area (Å²) in [5.74, 6) is 0. The van der Waals surface area contributed by atoms with Crippen molar-refractivity contribution in [3.63, 3.8) is 0 Å². The molecular weight excluding hydrogens is 157 g/mol. The molecule has 0 atom stereocenters. The van der Waals surface area contributed by atoms with Crippen LogP contribution in [-0.4, -0.2) is 35.0 Å². The zero-order valence-corrected chi connectivity index (χ0v) is 8.48. The van der Waals surface area contributed by atoms with E-state index in [4.69, 9.17) is 0 Å². The van der Waals surface area contributed by atoms with E-state index in [9.17, 15) is 4.89 Å². The minimum Gasteiger partial charge on any atom is -0.365 e. The summed E-state index contributed by atoms with van der Waals surface area (Å²) in [6.45, 7) is 6.31. The second-order valence-electron chi connectivity index (χ2n) is 3.17. The summed E-state index contributed by atoms with van der Waals surface area (Å²) < 4.78 is 2.28.